The van der Waals surface area contributed by atoms with Gasteiger partial charge in [0.15, 0.2) is 17.5 Å². The van der Waals surface area contributed by atoms with Crippen LogP contribution in [0.3, 0.4) is 0 Å². The predicted octanol–water partition coefficient (Wildman–Crippen LogP) is 10.8. The Morgan fingerprint density at radius 3 is 1.81 bits per heavy atom. The Morgan fingerprint density at radius 1 is 0.381 bits per heavy atom. The van der Waals surface area contributed by atoms with E-state index >= 15 is 0 Å². The van der Waals surface area contributed by atoms with Crippen molar-refractivity contribution in [3.63, 3.8) is 0 Å². The third kappa shape index (κ3) is 3.75. The lowest BCUT2D eigenvalue weighted by molar-refractivity contribution is 1.08. The summed E-state index contributed by atoms with van der Waals surface area (Å²) in [7, 11) is 0. The van der Waals surface area contributed by atoms with Crippen molar-refractivity contribution in [2.75, 3.05) is 0 Å². The van der Waals surface area contributed by atoms with E-state index in [1.165, 1.54) is 45.7 Å². The van der Waals surface area contributed by atoms with Crippen molar-refractivity contribution in [3.8, 4) is 34.2 Å². The second-order valence-corrected chi connectivity index (χ2v) is 12.6. The van der Waals surface area contributed by atoms with Gasteiger partial charge in [0, 0.05) is 57.0 Å². The Bertz CT molecular complexity index is 2490. The number of hydrogen-bond acceptors (Lipinski definition) is 5. The molecule has 0 bridgehead atoms. The van der Waals surface area contributed by atoms with Gasteiger partial charge >= 0.3 is 0 Å². The van der Waals surface area contributed by atoms with Crippen LogP contribution >= 0.6 is 22.7 Å². The Hall–Kier alpha value is -4.97. The lowest BCUT2D eigenvalue weighted by atomic mass is 10.1. The molecule has 3 aromatic heterocycles. The van der Waals surface area contributed by atoms with E-state index in [1.807, 2.05) is 11.3 Å². The molecule has 3 heterocycles. The summed E-state index contributed by atoms with van der Waals surface area (Å²) in [6, 6.07) is 45.0. The molecule has 0 aliphatic carbocycles. The molecule has 0 saturated heterocycles. The molecule has 0 fully saturated rings. The van der Waals surface area contributed by atoms with Crippen LogP contribution < -0.4 is 0 Å². The van der Waals surface area contributed by atoms with Crippen LogP contribution in [0.2, 0.25) is 0 Å². The zero-order valence-electron chi connectivity index (χ0n) is 22.3. The van der Waals surface area contributed by atoms with E-state index in [0.717, 1.165) is 22.1 Å². The van der Waals surface area contributed by atoms with Gasteiger partial charge in [-0.3, -0.25) is 0 Å². The topological polar surface area (TPSA) is 38.7 Å². The SMILES string of the molecule is c1ccc2cc(-c3nc(-c4ccc5sc6ccccc6c5c4)nc(-c4cccc5c4sc4ccccc45)n3)ccc2c1. The van der Waals surface area contributed by atoms with E-state index in [1.54, 1.807) is 11.3 Å². The van der Waals surface area contributed by atoms with Gasteiger partial charge in [0.2, 0.25) is 0 Å². The minimum atomic E-state index is 0.675. The molecule has 0 radical (unpaired) electrons. The standard InChI is InChI=1S/C37H21N3S2/c1-2-9-23-20-24(17-16-22(23)8-1)35-38-36(25-18-19-33-30(21-25)27-11-4-5-14-31(27)41-33)40-37(39-35)29-13-7-12-28-26-10-3-6-15-32(26)42-34(28)29/h1-21H. The number of fused-ring (bicyclic) bond motifs is 7. The van der Waals surface area contributed by atoms with Crippen molar-refractivity contribution in [3.05, 3.63) is 127 Å². The highest BCUT2D eigenvalue weighted by Gasteiger charge is 2.17. The third-order valence-corrected chi connectivity index (χ3v) is 10.3. The van der Waals surface area contributed by atoms with Crippen LogP contribution in [0.4, 0.5) is 0 Å². The number of benzene rings is 6. The van der Waals surface area contributed by atoms with Crippen molar-refractivity contribution < 1.29 is 0 Å². The molecule has 9 rings (SSSR count). The Balaban J connectivity index is 1.31. The number of aromatic nitrogens is 3. The maximum atomic E-state index is 5.14. The maximum absolute atomic E-state index is 5.14. The summed E-state index contributed by atoms with van der Waals surface area (Å²) in [5.41, 5.74) is 2.99. The van der Waals surface area contributed by atoms with Gasteiger partial charge in [0.25, 0.3) is 0 Å². The summed E-state index contributed by atoms with van der Waals surface area (Å²) in [5.74, 6) is 2.04. The zero-order chi connectivity index (χ0) is 27.6. The van der Waals surface area contributed by atoms with E-state index < -0.39 is 0 Å². The van der Waals surface area contributed by atoms with E-state index in [0.29, 0.717) is 17.5 Å². The van der Waals surface area contributed by atoms with E-state index in [4.69, 9.17) is 15.0 Å². The second kappa shape index (κ2) is 9.28. The second-order valence-electron chi connectivity index (χ2n) is 10.5. The summed E-state index contributed by atoms with van der Waals surface area (Å²) in [6.45, 7) is 0. The Morgan fingerprint density at radius 2 is 0.976 bits per heavy atom. The minimum absolute atomic E-state index is 0.675. The van der Waals surface area contributed by atoms with Crippen LogP contribution in [-0.2, 0) is 0 Å². The van der Waals surface area contributed by atoms with Gasteiger partial charge in [-0.05, 0) is 53.2 Å². The molecule has 5 heteroatoms. The smallest absolute Gasteiger partial charge is 0.165 e. The van der Waals surface area contributed by atoms with Crippen molar-refractivity contribution in [1.82, 2.24) is 15.0 Å². The van der Waals surface area contributed by atoms with Crippen LogP contribution in [0.15, 0.2) is 127 Å². The van der Waals surface area contributed by atoms with E-state index in [9.17, 15) is 0 Å². The zero-order valence-corrected chi connectivity index (χ0v) is 23.9. The maximum Gasteiger partial charge on any atom is 0.165 e. The summed E-state index contributed by atoms with van der Waals surface area (Å²) >= 11 is 3.61. The fraction of sp³-hybridized carbons (Fsp3) is 0. The highest BCUT2D eigenvalue weighted by atomic mass is 32.1. The number of thiophene rings is 2. The quantitative estimate of drug-likeness (QED) is 0.212. The van der Waals surface area contributed by atoms with Crippen LogP contribution in [0, 0.1) is 0 Å². The third-order valence-electron chi connectivity index (χ3n) is 7.92. The molecule has 0 amide bonds. The predicted molar refractivity (Wildman–Crippen MR) is 179 cm³/mol. The molecular formula is C37H21N3S2. The fourth-order valence-electron chi connectivity index (χ4n) is 5.87. The van der Waals surface area contributed by atoms with Crippen LogP contribution in [-0.4, -0.2) is 15.0 Å². The summed E-state index contributed by atoms with van der Waals surface area (Å²) < 4.78 is 5.01. The molecule has 0 saturated carbocycles. The fourth-order valence-corrected chi connectivity index (χ4v) is 8.17. The first-order chi connectivity index (χ1) is 20.8. The van der Waals surface area contributed by atoms with Gasteiger partial charge in [0.05, 0.1) is 0 Å². The molecule has 196 valence electrons. The van der Waals surface area contributed by atoms with Crippen molar-refractivity contribution >= 4 is 73.8 Å². The van der Waals surface area contributed by atoms with E-state index in [2.05, 4.69) is 127 Å². The van der Waals surface area contributed by atoms with Gasteiger partial charge in [-0.15, -0.1) is 22.7 Å². The summed E-state index contributed by atoms with van der Waals surface area (Å²) in [5, 5.41) is 7.34. The number of hydrogen-bond donors (Lipinski definition) is 0. The molecule has 0 spiro atoms. The molecule has 9 aromatic rings. The minimum Gasteiger partial charge on any atom is -0.208 e. The Kier molecular flexibility index (Phi) is 5.24. The van der Waals surface area contributed by atoms with Crippen molar-refractivity contribution in [2.45, 2.75) is 0 Å². The van der Waals surface area contributed by atoms with Crippen molar-refractivity contribution in [2.24, 2.45) is 0 Å². The molecule has 0 unspecified atom stereocenters. The first-order valence-corrected chi connectivity index (χ1v) is 15.5. The number of rotatable bonds is 3. The van der Waals surface area contributed by atoms with Gasteiger partial charge < -0.3 is 0 Å². The molecule has 0 aliphatic heterocycles. The Labute approximate surface area is 249 Å². The molecule has 6 aromatic carbocycles. The first kappa shape index (κ1) is 23.7. The van der Waals surface area contributed by atoms with Crippen LogP contribution in [0.25, 0.3) is 85.3 Å². The van der Waals surface area contributed by atoms with Crippen molar-refractivity contribution in [1.29, 1.82) is 0 Å². The molecule has 3 nitrogen and oxygen atoms in total. The molecule has 0 atom stereocenters. The summed E-state index contributed by atoms with van der Waals surface area (Å²) in [6.07, 6.45) is 0. The highest BCUT2D eigenvalue weighted by molar-refractivity contribution is 7.26. The van der Waals surface area contributed by atoms with Crippen LogP contribution in [0.5, 0.6) is 0 Å². The largest absolute Gasteiger partial charge is 0.208 e. The lowest BCUT2D eigenvalue weighted by Gasteiger charge is -2.10. The molecule has 42 heavy (non-hydrogen) atoms. The van der Waals surface area contributed by atoms with Gasteiger partial charge in [-0.25, -0.2) is 15.0 Å². The summed E-state index contributed by atoms with van der Waals surface area (Å²) in [4.78, 5) is 15.3. The first-order valence-electron chi connectivity index (χ1n) is 13.9. The monoisotopic (exact) mass is 571 g/mol. The molecule has 0 aliphatic rings. The van der Waals surface area contributed by atoms with Gasteiger partial charge in [0.1, 0.15) is 0 Å². The van der Waals surface area contributed by atoms with Gasteiger partial charge in [-0.1, -0.05) is 84.9 Å². The average molecular weight is 572 g/mol. The van der Waals surface area contributed by atoms with E-state index in [-0.39, 0.29) is 0 Å². The van der Waals surface area contributed by atoms with Crippen LogP contribution in [0.1, 0.15) is 0 Å². The highest BCUT2D eigenvalue weighted by Crippen LogP contribution is 2.40. The molecule has 0 N–H and O–H groups in total. The number of nitrogens with zero attached hydrogens (tertiary/aromatic N) is 3. The molecular weight excluding hydrogens is 551 g/mol. The normalized spacial score (nSPS) is 11.8. The average Bonchev–Trinajstić information content (AvgIpc) is 3.62. The van der Waals surface area contributed by atoms with Gasteiger partial charge in [-0.2, -0.15) is 0 Å². The lowest BCUT2D eigenvalue weighted by Crippen LogP contribution is -2.00.